The monoisotopic (exact) mass is 145 g/mol. The van der Waals surface area contributed by atoms with E-state index >= 15 is 0 Å². The molecular formula is C4H6ClN4. The van der Waals surface area contributed by atoms with Gasteiger partial charge < -0.3 is 0 Å². The maximum atomic E-state index is 5.50. The van der Waals surface area contributed by atoms with Gasteiger partial charge in [0.1, 0.15) is 0 Å². The standard InChI is InChI=1S/C4H6ClN4/c1-6-9-7-3-2-4(5)8-9/h2,6-7H,1H3. The van der Waals surface area contributed by atoms with Crippen LogP contribution in [0.15, 0.2) is 11.2 Å². The Balaban J connectivity index is 2.55. The maximum absolute atomic E-state index is 5.50. The van der Waals surface area contributed by atoms with E-state index in [1.807, 2.05) is 0 Å². The molecule has 0 spiro atoms. The summed E-state index contributed by atoms with van der Waals surface area (Å²) in [5, 5.41) is 5.52. The summed E-state index contributed by atoms with van der Waals surface area (Å²) in [5.74, 6) is 0. The molecule has 1 rings (SSSR count). The number of hydrazone groups is 1. The highest BCUT2D eigenvalue weighted by Crippen LogP contribution is 1.93. The molecule has 0 aromatic carbocycles. The van der Waals surface area contributed by atoms with Gasteiger partial charge >= 0.3 is 0 Å². The molecule has 0 saturated carbocycles. The third-order valence-electron chi connectivity index (χ3n) is 0.769. The summed E-state index contributed by atoms with van der Waals surface area (Å²) in [6.45, 7) is 0. The van der Waals surface area contributed by atoms with E-state index in [9.17, 15) is 0 Å². The fraction of sp³-hybridized carbons (Fsp3) is 0.250. The molecule has 0 amide bonds. The topological polar surface area (TPSA) is 39.7 Å². The van der Waals surface area contributed by atoms with E-state index in [-0.39, 0.29) is 0 Å². The summed E-state index contributed by atoms with van der Waals surface area (Å²) < 4.78 is 0. The summed E-state index contributed by atoms with van der Waals surface area (Å²) in [7, 11) is 1.72. The third-order valence-corrected chi connectivity index (χ3v) is 0.954. The van der Waals surface area contributed by atoms with Gasteiger partial charge in [-0.2, -0.15) is 0 Å². The Labute approximate surface area is 58.1 Å². The van der Waals surface area contributed by atoms with Crippen molar-refractivity contribution in [3.8, 4) is 0 Å². The van der Waals surface area contributed by atoms with Gasteiger partial charge in [-0.05, 0) is 0 Å². The fourth-order valence-corrected chi connectivity index (χ4v) is 0.538. The molecule has 0 fully saturated rings. The quantitative estimate of drug-likeness (QED) is 0.538. The molecule has 5 heteroatoms. The van der Waals surface area contributed by atoms with Crippen LogP contribution >= 0.6 is 11.6 Å². The molecule has 0 unspecified atom stereocenters. The van der Waals surface area contributed by atoms with Crippen molar-refractivity contribution in [1.82, 2.24) is 16.1 Å². The third kappa shape index (κ3) is 1.58. The lowest BCUT2D eigenvalue weighted by molar-refractivity contribution is 0.159. The minimum absolute atomic E-state index is 0.392. The first-order chi connectivity index (χ1) is 4.33. The Hall–Kier alpha value is -0.740. The van der Waals surface area contributed by atoms with Crippen molar-refractivity contribution >= 4 is 16.8 Å². The van der Waals surface area contributed by atoms with Gasteiger partial charge in [-0.3, -0.25) is 5.43 Å². The first-order valence-corrected chi connectivity index (χ1v) is 2.77. The first-order valence-electron chi connectivity index (χ1n) is 2.39. The zero-order valence-electron chi connectivity index (χ0n) is 4.85. The molecule has 4 nitrogen and oxygen atoms in total. The van der Waals surface area contributed by atoms with Crippen molar-refractivity contribution in [1.29, 1.82) is 0 Å². The van der Waals surface area contributed by atoms with Crippen LogP contribution in [0.5, 0.6) is 0 Å². The molecule has 0 atom stereocenters. The van der Waals surface area contributed by atoms with Crippen molar-refractivity contribution < 1.29 is 0 Å². The van der Waals surface area contributed by atoms with E-state index in [0.29, 0.717) is 5.17 Å². The lowest BCUT2D eigenvalue weighted by Crippen LogP contribution is -2.41. The van der Waals surface area contributed by atoms with Crippen LogP contribution in [0.3, 0.4) is 0 Å². The van der Waals surface area contributed by atoms with E-state index in [2.05, 4.69) is 22.2 Å². The number of hydrogen-bond acceptors (Lipinski definition) is 4. The van der Waals surface area contributed by atoms with Crippen molar-refractivity contribution in [3.05, 3.63) is 12.3 Å². The van der Waals surface area contributed by atoms with E-state index < -0.39 is 0 Å². The molecule has 0 aromatic heterocycles. The molecule has 0 saturated heterocycles. The average molecular weight is 146 g/mol. The molecule has 2 N–H and O–H groups in total. The SMILES string of the molecule is CNN1N=C(Cl)C=[C]N1. The van der Waals surface area contributed by atoms with Crippen LogP contribution in [-0.4, -0.2) is 17.4 Å². The van der Waals surface area contributed by atoms with Crippen LogP contribution < -0.4 is 10.9 Å². The minimum Gasteiger partial charge on any atom is -0.265 e. The summed E-state index contributed by atoms with van der Waals surface area (Å²) in [6.07, 6.45) is 4.20. The smallest absolute Gasteiger partial charge is 0.154 e. The van der Waals surface area contributed by atoms with E-state index in [1.54, 1.807) is 7.05 Å². The molecule has 0 bridgehead atoms. The lowest BCUT2D eigenvalue weighted by Gasteiger charge is -2.18. The number of allylic oxidation sites excluding steroid dienone is 1. The van der Waals surface area contributed by atoms with Gasteiger partial charge in [-0.15, -0.1) is 10.3 Å². The fourth-order valence-electron chi connectivity index (χ4n) is 0.408. The molecule has 1 radical (unpaired) electrons. The second-order valence-electron chi connectivity index (χ2n) is 1.36. The van der Waals surface area contributed by atoms with Gasteiger partial charge in [0.05, 0.1) is 6.20 Å². The van der Waals surface area contributed by atoms with Gasteiger partial charge in [0, 0.05) is 13.1 Å². The zero-order valence-corrected chi connectivity index (χ0v) is 5.61. The zero-order chi connectivity index (χ0) is 6.69. The van der Waals surface area contributed by atoms with Crippen LogP contribution in [0.1, 0.15) is 0 Å². The second-order valence-corrected chi connectivity index (χ2v) is 1.75. The van der Waals surface area contributed by atoms with Crippen molar-refractivity contribution in [2.24, 2.45) is 5.10 Å². The number of hydrogen-bond donors (Lipinski definition) is 2. The molecule has 1 aliphatic rings. The van der Waals surface area contributed by atoms with Crippen LogP contribution in [0.4, 0.5) is 0 Å². The molecule has 49 valence electrons. The number of hydrazine groups is 2. The molecular weight excluding hydrogens is 140 g/mol. The molecule has 0 aromatic rings. The highest BCUT2D eigenvalue weighted by molar-refractivity contribution is 6.68. The van der Waals surface area contributed by atoms with Gasteiger partial charge in [-0.25, -0.2) is 5.43 Å². The lowest BCUT2D eigenvalue weighted by atomic mass is 10.6. The number of halogens is 1. The van der Waals surface area contributed by atoms with Crippen molar-refractivity contribution in [2.75, 3.05) is 7.05 Å². The Kier molecular flexibility index (Phi) is 1.92. The Morgan fingerprint density at radius 3 is 3.22 bits per heavy atom. The summed E-state index contributed by atoms with van der Waals surface area (Å²) in [6, 6.07) is 0. The second kappa shape index (κ2) is 2.70. The summed E-state index contributed by atoms with van der Waals surface area (Å²) in [5.41, 5.74) is 5.35. The highest BCUT2D eigenvalue weighted by atomic mass is 35.5. The van der Waals surface area contributed by atoms with E-state index in [1.165, 1.54) is 11.3 Å². The number of nitrogens with zero attached hydrogens (tertiary/aromatic N) is 2. The summed E-state index contributed by atoms with van der Waals surface area (Å²) in [4.78, 5) is 0. The van der Waals surface area contributed by atoms with Gasteiger partial charge in [0.25, 0.3) is 0 Å². The molecule has 0 aliphatic carbocycles. The van der Waals surface area contributed by atoms with Gasteiger partial charge in [0.15, 0.2) is 5.17 Å². The Morgan fingerprint density at radius 1 is 2.00 bits per heavy atom. The molecule has 1 aliphatic heterocycles. The normalized spacial score (nSPS) is 17.1. The average Bonchev–Trinajstić information content (AvgIpc) is 1.88. The largest absolute Gasteiger partial charge is 0.265 e. The predicted octanol–water partition coefficient (Wildman–Crippen LogP) is -0.190. The Morgan fingerprint density at radius 2 is 2.78 bits per heavy atom. The van der Waals surface area contributed by atoms with Crippen LogP contribution in [0.2, 0.25) is 0 Å². The molecule has 9 heavy (non-hydrogen) atoms. The number of nitrogens with one attached hydrogen (secondary N) is 2. The first kappa shape index (κ1) is 6.38. The molecule has 1 heterocycles. The maximum Gasteiger partial charge on any atom is 0.154 e. The number of rotatable bonds is 1. The van der Waals surface area contributed by atoms with Crippen molar-refractivity contribution in [3.63, 3.8) is 0 Å². The Bertz CT molecular complexity index is 153. The highest BCUT2D eigenvalue weighted by Gasteiger charge is 1.99. The summed E-state index contributed by atoms with van der Waals surface area (Å²) >= 11 is 5.50. The van der Waals surface area contributed by atoms with Crippen LogP contribution in [-0.2, 0) is 0 Å². The van der Waals surface area contributed by atoms with Crippen LogP contribution in [0.25, 0.3) is 0 Å². The van der Waals surface area contributed by atoms with Crippen molar-refractivity contribution in [2.45, 2.75) is 0 Å². The minimum atomic E-state index is 0.392. The van der Waals surface area contributed by atoms with Gasteiger partial charge in [-0.1, -0.05) is 11.6 Å². The van der Waals surface area contributed by atoms with Gasteiger partial charge in [0.2, 0.25) is 0 Å². The van der Waals surface area contributed by atoms with E-state index in [0.717, 1.165) is 0 Å². The predicted molar refractivity (Wildman–Crippen MR) is 35.1 cm³/mol. The van der Waals surface area contributed by atoms with E-state index in [4.69, 9.17) is 11.6 Å². The van der Waals surface area contributed by atoms with Crippen LogP contribution in [0, 0.1) is 6.20 Å².